The molecule has 0 aliphatic rings. The van der Waals surface area contributed by atoms with Crippen LogP contribution in [0.3, 0.4) is 0 Å². The van der Waals surface area contributed by atoms with E-state index < -0.39 is 5.97 Å². The monoisotopic (exact) mass is 363 g/mol. The Bertz CT molecular complexity index is 760. The molecule has 0 spiro atoms. The molecule has 2 rings (SSSR count). The standard InChI is InChI=1S/C16H21N5O3S/c1-4-24-15(23)11-6-5-7-12(8-11)18-13(22)9-25-16-20-19-14(10(2)3)21(16)17/h5-8,10H,4,9,17H2,1-3H3,(H,18,22). The molecule has 0 saturated heterocycles. The van der Waals surface area contributed by atoms with Gasteiger partial charge in [-0.3, -0.25) is 4.79 Å². The van der Waals surface area contributed by atoms with E-state index >= 15 is 0 Å². The van der Waals surface area contributed by atoms with Crippen LogP contribution >= 0.6 is 11.8 Å². The maximum atomic E-state index is 12.1. The van der Waals surface area contributed by atoms with E-state index in [0.29, 0.717) is 28.8 Å². The minimum absolute atomic E-state index is 0.122. The lowest BCUT2D eigenvalue weighted by atomic mass is 10.2. The number of nitrogen functional groups attached to an aromatic ring is 1. The zero-order chi connectivity index (χ0) is 18.4. The highest BCUT2D eigenvalue weighted by Crippen LogP contribution is 2.19. The van der Waals surface area contributed by atoms with E-state index in [0.717, 1.165) is 0 Å². The van der Waals surface area contributed by atoms with Gasteiger partial charge in [0.25, 0.3) is 0 Å². The summed E-state index contributed by atoms with van der Waals surface area (Å²) in [4.78, 5) is 23.8. The first-order valence-electron chi connectivity index (χ1n) is 7.82. The minimum Gasteiger partial charge on any atom is -0.462 e. The van der Waals surface area contributed by atoms with Gasteiger partial charge in [0.1, 0.15) is 0 Å². The summed E-state index contributed by atoms with van der Waals surface area (Å²) in [6.07, 6.45) is 0. The average Bonchev–Trinajstić information content (AvgIpc) is 2.94. The number of aromatic nitrogens is 3. The number of ether oxygens (including phenoxy) is 1. The molecule has 1 amide bonds. The Morgan fingerprint density at radius 2 is 2.12 bits per heavy atom. The van der Waals surface area contributed by atoms with Crippen LogP contribution in [-0.2, 0) is 9.53 Å². The Labute approximate surface area is 150 Å². The first kappa shape index (κ1) is 18.8. The van der Waals surface area contributed by atoms with Crippen molar-refractivity contribution in [1.82, 2.24) is 14.9 Å². The molecule has 1 aromatic carbocycles. The molecule has 0 fully saturated rings. The Kier molecular flexibility index (Phi) is 6.40. The summed E-state index contributed by atoms with van der Waals surface area (Å²) in [5, 5.41) is 11.2. The lowest BCUT2D eigenvalue weighted by Gasteiger charge is -2.08. The van der Waals surface area contributed by atoms with Crippen molar-refractivity contribution in [2.75, 3.05) is 23.5 Å². The predicted molar refractivity (Wildman–Crippen MR) is 96.0 cm³/mol. The van der Waals surface area contributed by atoms with Crippen LogP contribution in [0.15, 0.2) is 29.4 Å². The highest BCUT2D eigenvalue weighted by atomic mass is 32.2. The first-order chi connectivity index (χ1) is 11.9. The molecular formula is C16H21N5O3S. The van der Waals surface area contributed by atoms with Crippen molar-refractivity contribution in [3.8, 4) is 0 Å². The molecule has 25 heavy (non-hydrogen) atoms. The third kappa shape index (κ3) is 4.96. The molecular weight excluding hydrogens is 342 g/mol. The number of anilines is 1. The van der Waals surface area contributed by atoms with Gasteiger partial charge in [0.05, 0.1) is 17.9 Å². The molecule has 3 N–H and O–H groups in total. The highest BCUT2D eigenvalue weighted by Gasteiger charge is 2.15. The van der Waals surface area contributed by atoms with Crippen LogP contribution in [0, 0.1) is 0 Å². The molecule has 1 aromatic heterocycles. The second-order valence-corrected chi connectivity index (χ2v) is 6.45. The van der Waals surface area contributed by atoms with E-state index in [2.05, 4.69) is 15.5 Å². The quantitative estimate of drug-likeness (QED) is 0.440. The summed E-state index contributed by atoms with van der Waals surface area (Å²) >= 11 is 1.19. The van der Waals surface area contributed by atoms with Crippen LogP contribution in [0.5, 0.6) is 0 Å². The topological polar surface area (TPSA) is 112 Å². The average molecular weight is 363 g/mol. The molecule has 9 heteroatoms. The molecule has 0 aliphatic carbocycles. The number of nitrogens with two attached hydrogens (primary N) is 1. The zero-order valence-corrected chi connectivity index (χ0v) is 15.2. The molecule has 2 aromatic rings. The molecule has 0 aliphatic heterocycles. The van der Waals surface area contributed by atoms with Crippen LogP contribution in [0.1, 0.15) is 42.9 Å². The second kappa shape index (κ2) is 8.52. The predicted octanol–water partition coefficient (Wildman–Crippen LogP) is 2.02. The number of thioether (sulfide) groups is 1. The van der Waals surface area contributed by atoms with Gasteiger partial charge >= 0.3 is 5.97 Å². The molecule has 8 nitrogen and oxygen atoms in total. The summed E-state index contributed by atoms with van der Waals surface area (Å²) < 4.78 is 6.33. The molecule has 1 heterocycles. The SMILES string of the molecule is CCOC(=O)c1cccc(NC(=O)CSc2nnc(C(C)C)n2N)c1. The van der Waals surface area contributed by atoms with Crippen molar-refractivity contribution in [3.05, 3.63) is 35.7 Å². The lowest BCUT2D eigenvalue weighted by Crippen LogP contribution is -2.18. The Morgan fingerprint density at radius 1 is 1.36 bits per heavy atom. The molecule has 0 unspecified atom stereocenters. The maximum Gasteiger partial charge on any atom is 0.338 e. The number of benzene rings is 1. The van der Waals surface area contributed by atoms with Gasteiger partial charge in [-0.1, -0.05) is 31.7 Å². The number of nitrogens with zero attached hydrogens (tertiary/aromatic N) is 3. The number of esters is 1. The van der Waals surface area contributed by atoms with E-state index in [1.165, 1.54) is 16.4 Å². The fourth-order valence-electron chi connectivity index (χ4n) is 2.05. The normalized spacial score (nSPS) is 10.7. The third-order valence-electron chi connectivity index (χ3n) is 3.20. The summed E-state index contributed by atoms with van der Waals surface area (Å²) in [6, 6.07) is 6.59. The fraction of sp³-hybridized carbons (Fsp3) is 0.375. The fourth-order valence-corrected chi connectivity index (χ4v) is 2.71. The van der Waals surface area contributed by atoms with Crippen LogP contribution in [0.4, 0.5) is 5.69 Å². The minimum atomic E-state index is -0.426. The van der Waals surface area contributed by atoms with E-state index in [9.17, 15) is 9.59 Å². The van der Waals surface area contributed by atoms with Gasteiger partial charge in [-0.15, -0.1) is 10.2 Å². The van der Waals surface area contributed by atoms with Gasteiger partial charge in [0.2, 0.25) is 11.1 Å². The number of rotatable bonds is 7. The van der Waals surface area contributed by atoms with Crippen molar-refractivity contribution in [2.24, 2.45) is 0 Å². The smallest absolute Gasteiger partial charge is 0.338 e. The first-order valence-corrected chi connectivity index (χ1v) is 8.81. The molecule has 0 radical (unpaired) electrons. The highest BCUT2D eigenvalue weighted by molar-refractivity contribution is 7.99. The van der Waals surface area contributed by atoms with Gasteiger partial charge in [-0.2, -0.15) is 0 Å². The zero-order valence-electron chi connectivity index (χ0n) is 14.4. The molecule has 0 bridgehead atoms. The number of amides is 1. The van der Waals surface area contributed by atoms with Crippen molar-refractivity contribution < 1.29 is 14.3 Å². The summed E-state index contributed by atoms with van der Waals surface area (Å²) in [7, 11) is 0. The molecule has 0 saturated carbocycles. The van der Waals surface area contributed by atoms with Gasteiger partial charge < -0.3 is 15.9 Å². The van der Waals surface area contributed by atoms with Gasteiger partial charge in [0, 0.05) is 11.6 Å². The van der Waals surface area contributed by atoms with Crippen molar-refractivity contribution in [1.29, 1.82) is 0 Å². The van der Waals surface area contributed by atoms with E-state index in [1.54, 1.807) is 31.2 Å². The lowest BCUT2D eigenvalue weighted by molar-refractivity contribution is -0.113. The van der Waals surface area contributed by atoms with Crippen LogP contribution in [0.25, 0.3) is 0 Å². The summed E-state index contributed by atoms with van der Waals surface area (Å²) in [6.45, 7) is 5.96. The van der Waals surface area contributed by atoms with E-state index in [-0.39, 0.29) is 17.6 Å². The van der Waals surface area contributed by atoms with Gasteiger partial charge in [-0.05, 0) is 25.1 Å². The van der Waals surface area contributed by atoms with Gasteiger partial charge in [-0.25, -0.2) is 9.47 Å². The second-order valence-electron chi connectivity index (χ2n) is 5.50. The van der Waals surface area contributed by atoms with Crippen LogP contribution < -0.4 is 11.2 Å². The van der Waals surface area contributed by atoms with Crippen LogP contribution in [-0.4, -0.2) is 39.1 Å². The number of nitrogens with one attached hydrogen (secondary N) is 1. The summed E-state index contributed by atoms with van der Waals surface area (Å²) in [5.41, 5.74) is 0.906. The Morgan fingerprint density at radius 3 is 2.76 bits per heavy atom. The number of carbonyl (C=O) groups excluding carboxylic acids is 2. The van der Waals surface area contributed by atoms with E-state index in [4.69, 9.17) is 10.6 Å². The number of carbonyl (C=O) groups is 2. The van der Waals surface area contributed by atoms with Gasteiger partial charge in [0.15, 0.2) is 5.82 Å². The number of hydrogen-bond donors (Lipinski definition) is 2. The summed E-state index contributed by atoms with van der Waals surface area (Å²) in [5.74, 6) is 6.18. The van der Waals surface area contributed by atoms with Crippen molar-refractivity contribution >= 4 is 29.3 Å². The largest absolute Gasteiger partial charge is 0.462 e. The van der Waals surface area contributed by atoms with Crippen molar-refractivity contribution in [2.45, 2.75) is 31.8 Å². The Hall–Kier alpha value is -2.55. The third-order valence-corrected chi connectivity index (χ3v) is 4.14. The number of hydrogen-bond acceptors (Lipinski definition) is 7. The van der Waals surface area contributed by atoms with E-state index in [1.807, 2.05) is 13.8 Å². The molecule has 0 atom stereocenters. The molecule has 134 valence electrons. The maximum absolute atomic E-state index is 12.1. The van der Waals surface area contributed by atoms with Crippen LogP contribution in [0.2, 0.25) is 0 Å². The van der Waals surface area contributed by atoms with Crippen molar-refractivity contribution in [3.63, 3.8) is 0 Å². The Balaban J connectivity index is 1.94.